The molecule has 5 nitrogen and oxygen atoms in total. The smallest absolute Gasteiger partial charge is 0.224 e. The minimum atomic E-state index is -0.238. The minimum Gasteiger partial charge on any atom is -0.493 e. The summed E-state index contributed by atoms with van der Waals surface area (Å²) in [4.78, 5) is 17.9. The summed E-state index contributed by atoms with van der Waals surface area (Å²) < 4.78 is 8.40. The first-order valence-electron chi connectivity index (χ1n) is 14.2. The van der Waals surface area contributed by atoms with Crippen LogP contribution in [0, 0.1) is 0 Å². The number of imidazole rings is 1. The van der Waals surface area contributed by atoms with Gasteiger partial charge in [-0.05, 0) is 53.6 Å². The Morgan fingerprint density at radius 2 is 1.51 bits per heavy atom. The summed E-state index contributed by atoms with van der Waals surface area (Å²) in [6, 6.07) is 40.7. The summed E-state index contributed by atoms with van der Waals surface area (Å²) in [6.07, 6.45) is 1.13. The largest absolute Gasteiger partial charge is 0.493 e. The number of para-hydroxylation sites is 2. The molecule has 5 heteroatoms. The summed E-state index contributed by atoms with van der Waals surface area (Å²) in [7, 11) is 0. The number of aromatic nitrogens is 2. The number of rotatable bonds is 10. The van der Waals surface area contributed by atoms with Crippen molar-refractivity contribution in [2.45, 2.75) is 32.4 Å². The van der Waals surface area contributed by atoms with E-state index in [4.69, 9.17) is 9.72 Å². The van der Waals surface area contributed by atoms with Gasteiger partial charge in [-0.3, -0.25) is 4.79 Å². The molecule has 0 aliphatic heterocycles. The maximum atomic E-state index is 13.0. The van der Waals surface area contributed by atoms with E-state index in [1.54, 1.807) is 0 Å². The third-order valence-corrected chi connectivity index (χ3v) is 7.41. The van der Waals surface area contributed by atoms with Crippen molar-refractivity contribution in [3.05, 3.63) is 133 Å². The number of benzene rings is 5. The molecule has 0 spiro atoms. The summed E-state index contributed by atoms with van der Waals surface area (Å²) in [5.74, 6) is 1.73. The third kappa shape index (κ3) is 5.99. The Bertz CT molecular complexity index is 1770. The number of hydrogen-bond donors (Lipinski definition) is 1. The van der Waals surface area contributed by atoms with Gasteiger partial charge in [0.2, 0.25) is 5.91 Å². The van der Waals surface area contributed by atoms with E-state index in [0.717, 1.165) is 52.1 Å². The first-order valence-corrected chi connectivity index (χ1v) is 14.2. The lowest BCUT2D eigenvalue weighted by atomic mass is 10.0. The van der Waals surface area contributed by atoms with Gasteiger partial charge < -0.3 is 14.6 Å². The summed E-state index contributed by atoms with van der Waals surface area (Å²) in [5, 5.41) is 5.47. The first-order chi connectivity index (χ1) is 20.2. The second-order valence-electron chi connectivity index (χ2n) is 10.3. The zero-order valence-corrected chi connectivity index (χ0v) is 23.2. The number of nitrogens with one attached hydrogen (secondary N) is 1. The molecule has 0 radical (unpaired) electrons. The second-order valence-corrected chi connectivity index (χ2v) is 10.3. The van der Waals surface area contributed by atoms with E-state index in [1.165, 1.54) is 10.9 Å². The van der Waals surface area contributed by atoms with Crippen LogP contribution in [0.25, 0.3) is 32.9 Å². The van der Waals surface area contributed by atoms with Crippen LogP contribution in [0.2, 0.25) is 0 Å². The van der Waals surface area contributed by atoms with Gasteiger partial charge in [0.1, 0.15) is 11.6 Å². The summed E-state index contributed by atoms with van der Waals surface area (Å²) in [5.41, 5.74) is 5.27. The average molecular weight is 540 g/mol. The van der Waals surface area contributed by atoms with Crippen molar-refractivity contribution in [3.8, 4) is 16.9 Å². The van der Waals surface area contributed by atoms with Crippen LogP contribution in [-0.4, -0.2) is 22.1 Å². The van der Waals surface area contributed by atoms with Crippen molar-refractivity contribution in [1.82, 2.24) is 14.9 Å². The molecule has 1 heterocycles. The lowest BCUT2D eigenvalue weighted by molar-refractivity contribution is -0.121. The normalized spacial score (nSPS) is 11.9. The van der Waals surface area contributed by atoms with Gasteiger partial charge in [0, 0.05) is 11.9 Å². The Hall–Kier alpha value is -4.90. The van der Waals surface area contributed by atoms with Crippen molar-refractivity contribution in [2.24, 2.45) is 0 Å². The van der Waals surface area contributed by atoms with Gasteiger partial charge in [-0.15, -0.1) is 0 Å². The van der Waals surface area contributed by atoms with Crippen LogP contribution in [0.1, 0.15) is 30.8 Å². The molecule has 1 aromatic heterocycles. The van der Waals surface area contributed by atoms with Crippen molar-refractivity contribution < 1.29 is 9.53 Å². The number of fused-ring (bicyclic) bond motifs is 2. The lowest BCUT2D eigenvalue weighted by Gasteiger charge is -2.17. The number of aryl methyl sites for hydroxylation is 1. The molecule has 1 N–H and O–H groups in total. The van der Waals surface area contributed by atoms with E-state index in [2.05, 4.69) is 58.4 Å². The van der Waals surface area contributed by atoms with Crippen LogP contribution in [0.5, 0.6) is 5.75 Å². The van der Waals surface area contributed by atoms with E-state index in [-0.39, 0.29) is 11.9 Å². The van der Waals surface area contributed by atoms with E-state index in [0.29, 0.717) is 13.0 Å². The topological polar surface area (TPSA) is 56.2 Å². The highest BCUT2D eigenvalue weighted by Crippen LogP contribution is 2.26. The second kappa shape index (κ2) is 12.1. The Morgan fingerprint density at radius 1 is 0.805 bits per heavy atom. The van der Waals surface area contributed by atoms with E-state index >= 15 is 0 Å². The molecule has 0 aliphatic rings. The highest BCUT2D eigenvalue weighted by atomic mass is 16.5. The molecule has 0 saturated heterocycles. The molecule has 0 saturated carbocycles. The number of carbonyl (C=O) groups is 1. The number of amides is 1. The molecule has 1 atom stereocenters. The lowest BCUT2D eigenvalue weighted by Crippen LogP contribution is -2.30. The van der Waals surface area contributed by atoms with Crippen LogP contribution >= 0.6 is 0 Å². The zero-order chi connectivity index (χ0) is 28.0. The van der Waals surface area contributed by atoms with Crippen molar-refractivity contribution in [3.63, 3.8) is 0 Å². The maximum absolute atomic E-state index is 13.0. The molecule has 0 aliphatic carbocycles. The fraction of sp³-hybridized carbons (Fsp3) is 0.167. The molecule has 6 aromatic rings. The van der Waals surface area contributed by atoms with Gasteiger partial charge in [-0.2, -0.15) is 0 Å². The van der Waals surface area contributed by atoms with Gasteiger partial charge in [-0.1, -0.05) is 103 Å². The van der Waals surface area contributed by atoms with Gasteiger partial charge in [0.25, 0.3) is 0 Å². The van der Waals surface area contributed by atoms with Gasteiger partial charge >= 0.3 is 0 Å². The summed E-state index contributed by atoms with van der Waals surface area (Å²) >= 11 is 0. The molecule has 0 bridgehead atoms. The van der Waals surface area contributed by atoms with Gasteiger partial charge in [-0.25, -0.2) is 4.98 Å². The van der Waals surface area contributed by atoms with Crippen molar-refractivity contribution >= 4 is 27.7 Å². The molecule has 6 rings (SSSR count). The Kier molecular flexibility index (Phi) is 7.76. The number of hydrogen-bond acceptors (Lipinski definition) is 3. The van der Waals surface area contributed by atoms with E-state index < -0.39 is 0 Å². The Labute approximate surface area is 240 Å². The monoisotopic (exact) mass is 539 g/mol. The number of ether oxygens (including phenoxy) is 1. The number of nitrogens with zero attached hydrogens (tertiary/aromatic N) is 2. The SMILES string of the molecule is CC(NC(=O)Cc1ccc(-c2ccccc2)cc1)c1nc2ccccc2n1CCCOc1cccc2ccccc12. The van der Waals surface area contributed by atoms with Crippen LogP contribution in [0.15, 0.2) is 121 Å². The maximum Gasteiger partial charge on any atom is 0.224 e. The number of carbonyl (C=O) groups excluding carboxylic acids is 1. The van der Waals surface area contributed by atoms with Crippen molar-refractivity contribution in [2.75, 3.05) is 6.61 Å². The van der Waals surface area contributed by atoms with Gasteiger partial charge in [0.05, 0.1) is 30.1 Å². The minimum absolute atomic E-state index is 0.0251. The van der Waals surface area contributed by atoms with Crippen LogP contribution in [0.4, 0.5) is 0 Å². The average Bonchev–Trinajstić information content (AvgIpc) is 3.39. The fourth-order valence-electron chi connectivity index (χ4n) is 5.37. The quantitative estimate of drug-likeness (QED) is 0.181. The van der Waals surface area contributed by atoms with E-state index in [1.807, 2.05) is 79.7 Å². The molecule has 1 amide bonds. The van der Waals surface area contributed by atoms with E-state index in [9.17, 15) is 4.79 Å². The Morgan fingerprint density at radius 3 is 2.37 bits per heavy atom. The molecular formula is C36H33N3O2. The first kappa shape index (κ1) is 26.3. The standard InChI is InChI=1S/C36H33N3O2/c1-26(37-35(40)25-27-19-21-29(22-20-27)28-11-3-2-4-12-28)36-38-32-16-7-8-17-33(32)39(36)23-10-24-41-34-18-9-14-30-13-5-6-15-31(30)34/h2-9,11-22,26H,10,23-25H2,1H3,(H,37,40). The highest BCUT2D eigenvalue weighted by molar-refractivity contribution is 5.88. The van der Waals surface area contributed by atoms with Crippen molar-refractivity contribution in [1.29, 1.82) is 0 Å². The van der Waals surface area contributed by atoms with Crippen LogP contribution in [-0.2, 0) is 17.8 Å². The molecule has 41 heavy (non-hydrogen) atoms. The van der Waals surface area contributed by atoms with Crippen LogP contribution < -0.4 is 10.1 Å². The third-order valence-electron chi connectivity index (χ3n) is 7.41. The highest BCUT2D eigenvalue weighted by Gasteiger charge is 2.18. The molecule has 204 valence electrons. The predicted octanol–water partition coefficient (Wildman–Crippen LogP) is 7.75. The van der Waals surface area contributed by atoms with Crippen LogP contribution in [0.3, 0.4) is 0 Å². The zero-order valence-electron chi connectivity index (χ0n) is 23.2. The molecule has 0 fully saturated rings. The molecule has 5 aromatic carbocycles. The molecular weight excluding hydrogens is 506 g/mol. The summed E-state index contributed by atoms with van der Waals surface area (Å²) in [6.45, 7) is 3.32. The predicted molar refractivity (Wildman–Crippen MR) is 166 cm³/mol. The Balaban J connectivity index is 1.11. The fourth-order valence-corrected chi connectivity index (χ4v) is 5.37. The molecule has 1 unspecified atom stereocenters. The van der Waals surface area contributed by atoms with Gasteiger partial charge in [0.15, 0.2) is 0 Å².